The molecule has 0 fully saturated rings. The fraction of sp³-hybridized carbons (Fsp3) is 0.200. The predicted octanol–water partition coefficient (Wildman–Crippen LogP) is 5.46. The molecule has 31 heavy (non-hydrogen) atoms. The number of carbonyl (C=O) groups excluding carboxylic acids is 1. The third kappa shape index (κ3) is 5.06. The van der Waals surface area contributed by atoms with Crippen molar-refractivity contribution in [3.63, 3.8) is 0 Å². The van der Waals surface area contributed by atoms with Crippen LogP contribution in [0.2, 0.25) is 5.02 Å². The van der Waals surface area contributed by atoms with Gasteiger partial charge in [0.05, 0.1) is 12.6 Å². The average molecular weight is 434 g/mol. The molecule has 1 aromatic heterocycles. The van der Waals surface area contributed by atoms with Gasteiger partial charge in [-0.15, -0.1) is 0 Å². The van der Waals surface area contributed by atoms with Gasteiger partial charge in [-0.2, -0.15) is 5.10 Å². The largest absolute Gasteiger partial charge is 0.497 e. The number of nitrogens with one attached hydrogen (secondary N) is 1. The van der Waals surface area contributed by atoms with Crippen molar-refractivity contribution >= 4 is 28.4 Å². The highest BCUT2D eigenvalue weighted by Crippen LogP contribution is 2.30. The minimum atomic E-state index is 0.0265. The third-order valence-corrected chi connectivity index (χ3v) is 5.42. The van der Waals surface area contributed by atoms with Gasteiger partial charge in [-0.1, -0.05) is 54.1 Å². The molecular weight excluding hydrogens is 410 g/mol. The van der Waals surface area contributed by atoms with E-state index in [-0.39, 0.29) is 5.91 Å². The van der Waals surface area contributed by atoms with Crippen LogP contribution >= 0.6 is 11.6 Å². The Kier molecular flexibility index (Phi) is 6.53. The summed E-state index contributed by atoms with van der Waals surface area (Å²) >= 11 is 6.24. The fourth-order valence-corrected chi connectivity index (χ4v) is 3.73. The number of halogens is 1. The maximum Gasteiger partial charge on any atom is 0.220 e. The van der Waals surface area contributed by atoms with Gasteiger partial charge >= 0.3 is 0 Å². The van der Waals surface area contributed by atoms with Crippen LogP contribution in [0.15, 0.2) is 72.8 Å². The van der Waals surface area contributed by atoms with Crippen LogP contribution in [0.5, 0.6) is 5.75 Å². The number of aromatic nitrogens is 2. The topological polar surface area (TPSA) is 56.1 Å². The molecular formula is C25H24ClN3O2. The zero-order valence-electron chi connectivity index (χ0n) is 17.3. The molecule has 158 valence electrons. The number of fused-ring (bicyclic) bond motifs is 1. The standard InChI is InChI=1S/C25H24ClN3O2/c1-31-21-12-9-18(10-13-21)17-27-24(30)8-5-15-29-23-14-11-20(26)16-22(23)25(28-29)19-6-3-2-4-7-19/h2-4,6-7,9-14,16H,5,8,15,17H2,1H3,(H,27,30). The minimum Gasteiger partial charge on any atom is -0.497 e. The summed E-state index contributed by atoms with van der Waals surface area (Å²) in [4.78, 5) is 12.3. The van der Waals surface area contributed by atoms with Crippen molar-refractivity contribution in [1.29, 1.82) is 0 Å². The Balaban J connectivity index is 1.39. The lowest BCUT2D eigenvalue weighted by Crippen LogP contribution is -2.22. The Bertz CT molecular complexity index is 1170. The number of carbonyl (C=O) groups is 1. The zero-order valence-corrected chi connectivity index (χ0v) is 18.1. The van der Waals surface area contributed by atoms with Crippen LogP contribution in [-0.4, -0.2) is 22.8 Å². The van der Waals surface area contributed by atoms with E-state index in [2.05, 4.69) is 5.32 Å². The zero-order chi connectivity index (χ0) is 21.6. The van der Waals surface area contributed by atoms with Gasteiger partial charge in [0.25, 0.3) is 0 Å². The smallest absolute Gasteiger partial charge is 0.220 e. The highest BCUT2D eigenvalue weighted by atomic mass is 35.5. The SMILES string of the molecule is COc1ccc(CNC(=O)CCCn2nc(-c3ccccc3)c3cc(Cl)ccc32)cc1. The number of amides is 1. The predicted molar refractivity (Wildman–Crippen MR) is 124 cm³/mol. The minimum absolute atomic E-state index is 0.0265. The van der Waals surface area contributed by atoms with Crippen molar-refractivity contribution in [3.8, 4) is 17.0 Å². The number of benzene rings is 3. The number of hydrogen-bond acceptors (Lipinski definition) is 3. The maximum atomic E-state index is 12.3. The quantitative estimate of drug-likeness (QED) is 0.401. The fourth-order valence-electron chi connectivity index (χ4n) is 3.55. The number of hydrogen-bond donors (Lipinski definition) is 1. The summed E-state index contributed by atoms with van der Waals surface area (Å²) in [6, 6.07) is 23.6. The van der Waals surface area contributed by atoms with E-state index in [9.17, 15) is 4.79 Å². The molecule has 0 saturated carbocycles. The molecule has 0 unspecified atom stereocenters. The van der Waals surface area contributed by atoms with E-state index in [1.54, 1.807) is 7.11 Å². The summed E-state index contributed by atoms with van der Waals surface area (Å²) in [5.41, 5.74) is 4.01. The Morgan fingerprint density at radius 1 is 1.06 bits per heavy atom. The van der Waals surface area contributed by atoms with Crippen molar-refractivity contribution < 1.29 is 9.53 Å². The van der Waals surface area contributed by atoms with E-state index in [1.165, 1.54) is 0 Å². The molecule has 0 aliphatic carbocycles. The number of rotatable bonds is 8. The van der Waals surface area contributed by atoms with Crippen LogP contribution in [0.1, 0.15) is 18.4 Å². The molecule has 0 atom stereocenters. The second kappa shape index (κ2) is 9.67. The van der Waals surface area contributed by atoms with Gasteiger partial charge in [0.1, 0.15) is 11.4 Å². The van der Waals surface area contributed by atoms with Crippen LogP contribution < -0.4 is 10.1 Å². The second-order valence-electron chi connectivity index (χ2n) is 7.33. The molecule has 0 saturated heterocycles. The molecule has 0 spiro atoms. The monoisotopic (exact) mass is 433 g/mol. The van der Waals surface area contributed by atoms with Crippen molar-refractivity contribution in [2.45, 2.75) is 25.9 Å². The van der Waals surface area contributed by atoms with E-state index >= 15 is 0 Å². The van der Waals surface area contributed by atoms with Gasteiger partial charge in [-0.3, -0.25) is 9.48 Å². The average Bonchev–Trinajstić information content (AvgIpc) is 3.16. The van der Waals surface area contributed by atoms with Crippen molar-refractivity contribution in [2.24, 2.45) is 0 Å². The molecule has 6 heteroatoms. The lowest BCUT2D eigenvalue weighted by molar-refractivity contribution is -0.121. The maximum absolute atomic E-state index is 12.3. The summed E-state index contributed by atoms with van der Waals surface area (Å²) in [5.74, 6) is 0.830. The first-order chi connectivity index (χ1) is 15.1. The first kappa shape index (κ1) is 20.9. The van der Waals surface area contributed by atoms with Gasteiger partial charge in [0, 0.05) is 35.5 Å². The van der Waals surface area contributed by atoms with Crippen molar-refractivity contribution in [1.82, 2.24) is 15.1 Å². The molecule has 0 bridgehead atoms. The van der Waals surface area contributed by atoms with E-state index in [1.807, 2.05) is 77.5 Å². The molecule has 0 aliphatic rings. The number of methoxy groups -OCH3 is 1. The molecule has 3 aromatic carbocycles. The Morgan fingerprint density at radius 3 is 2.58 bits per heavy atom. The molecule has 1 heterocycles. The van der Waals surface area contributed by atoms with Crippen LogP contribution in [-0.2, 0) is 17.9 Å². The van der Waals surface area contributed by atoms with Crippen LogP contribution in [0.25, 0.3) is 22.2 Å². The lowest BCUT2D eigenvalue weighted by atomic mass is 10.1. The van der Waals surface area contributed by atoms with Crippen molar-refractivity contribution in [3.05, 3.63) is 83.4 Å². The first-order valence-corrected chi connectivity index (χ1v) is 10.6. The van der Waals surface area contributed by atoms with Crippen LogP contribution in [0, 0.1) is 0 Å². The molecule has 1 amide bonds. The van der Waals surface area contributed by atoms with Gasteiger partial charge in [0.2, 0.25) is 5.91 Å². The van der Waals surface area contributed by atoms with Crippen molar-refractivity contribution in [2.75, 3.05) is 7.11 Å². The summed E-state index contributed by atoms with van der Waals surface area (Å²) in [7, 11) is 1.64. The normalized spacial score (nSPS) is 10.9. The van der Waals surface area contributed by atoms with Gasteiger partial charge in [0.15, 0.2) is 0 Å². The Morgan fingerprint density at radius 2 is 1.84 bits per heavy atom. The second-order valence-corrected chi connectivity index (χ2v) is 7.76. The molecule has 4 aromatic rings. The lowest BCUT2D eigenvalue weighted by Gasteiger charge is -2.07. The van der Waals surface area contributed by atoms with E-state index in [4.69, 9.17) is 21.4 Å². The van der Waals surface area contributed by atoms with Crippen LogP contribution in [0.3, 0.4) is 0 Å². The molecule has 5 nitrogen and oxygen atoms in total. The summed E-state index contributed by atoms with van der Waals surface area (Å²) in [6.07, 6.45) is 1.13. The summed E-state index contributed by atoms with van der Waals surface area (Å²) < 4.78 is 7.12. The highest BCUT2D eigenvalue weighted by Gasteiger charge is 2.13. The summed E-state index contributed by atoms with van der Waals surface area (Å²) in [6.45, 7) is 1.16. The number of nitrogens with zero attached hydrogens (tertiary/aromatic N) is 2. The first-order valence-electron chi connectivity index (χ1n) is 10.2. The Hall–Kier alpha value is -3.31. The van der Waals surface area contributed by atoms with E-state index in [0.717, 1.165) is 33.5 Å². The molecule has 1 N–H and O–H groups in total. The Labute approximate surface area is 186 Å². The summed E-state index contributed by atoms with van der Waals surface area (Å²) in [5, 5.41) is 9.49. The molecule has 4 rings (SSSR count). The molecule has 0 aliphatic heterocycles. The third-order valence-electron chi connectivity index (χ3n) is 5.18. The van der Waals surface area contributed by atoms with Gasteiger partial charge in [-0.05, 0) is 42.3 Å². The highest BCUT2D eigenvalue weighted by molar-refractivity contribution is 6.31. The molecule has 0 radical (unpaired) electrons. The van der Waals surface area contributed by atoms with Crippen LogP contribution in [0.4, 0.5) is 0 Å². The number of aryl methyl sites for hydroxylation is 1. The van der Waals surface area contributed by atoms with Gasteiger partial charge < -0.3 is 10.1 Å². The number of ether oxygens (including phenoxy) is 1. The van der Waals surface area contributed by atoms with E-state index < -0.39 is 0 Å². The van der Waals surface area contributed by atoms with E-state index in [0.29, 0.717) is 31.0 Å². The van der Waals surface area contributed by atoms with Gasteiger partial charge in [-0.25, -0.2) is 0 Å².